The number of carbonyl (C=O) groups excluding carboxylic acids is 1. The van der Waals surface area contributed by atoms with Crippen LogP contribution < -0.4 is 78.3 Å². The molecule has 0 saturated heterocycles. The fourth-order valence-corrected chi connectivity index (χ4v) is 7.28. The van der Waals surface area contributed by atoms with Gasteiger partial charge in [0.05, 0.1) is 16.9 Å². The summed E-state index contributed by atoms with van der Waals surface area (Å²) in [7, 11) is -7.16. The first-order valence-corrected chi connectivity index (χ1v) is 19.5. The van der Waals surface area contributed by atoms with Gasteiger partial charge in [-0.2, -0.15) is 24.4 Å². The third-order valence-corrected chi connectivity index (χ3v) is 10.4. The van der Waals surface area contributed by atoms with E-state index in [0.29, 0.717) is 18.7 Å². The summed E-state index contributed by atoms with van der Waals surface area (Å²) >= 11 is 0. The number of carbonyl (C=O) groups is 1. The molecule has 276 valence electrons. The number of anilines is 2. The molecular formula is C35H46KN6O8S2+. The summed E-state index contributed by atoms with van der Waals surface area (Å²) < 4.78 is 69.4. The molecule has 4 rings (SSSR count). The number of nitrogens with zero attached hydrogens (tertiary/aromatic N) is 2. The van der Waals surface area contributed by atoms with Crippen LogP contribution in [0, 0.1) is 0 Å². The van der Waals surface area contributed by atoms with Crippen molar-refractivity contribution in [1.82, 2.24) is 10.8 Å². The van der Waals surface area contributed by atoms with E-state index in [4.69, 9.17) is 5.90 Å². The van der Waals surface area contributed by atoms with E-state index >= 15 is 0 Å². The quantitative estimate of drug-likeness (QED) is 0.0421. The van der Waals surface area contributed by atoms with Crippen molar-refractivity contribution >= 4 is 49.0 Å². The smallest absolute Gasteiger partial charge is 0.748 e. The summed E-state index contributed by atoms with van der Waals surface area (Å²) in [6.07, 6.45) is 13.6. The van der Waals surface area contributed by atoms with Crippen molar-refractivity contribution in [3.63, 3.8) is 0 Å². The van der Waals surface area contributed by atoms with Crippen LogP contribution in [0.5, 0.6) is 0 Å². The van der Waals surface area contributed by atoms with Crippen LogP contribution in [0.1, 0.15) is 44.4 Å². The number of amides is 2. The van der Waals surface area contributed by atoms with Gasteiger partial charge in [0, 0.05) is 60.3 Å². The molecule has 2 aromatic rings. The Kier molecular flexibility index (Phi) is 15.4. The average Bonchev–Trinajstić information content (AvgIpc) is 3.39. The second-order valence-electron chi connectivity index (χ2n) is 13.2. The van der Waals surface area contributed by atoms with Crippen LogP contribution in [0.2, 0.25) is 0 Å². The molecule has 0 atom stereocenters. The van der Waals surface area contributed by atoms with E-state index < -0.39 is 42.6 Å². The molecule has 2 heterocycles. The zero-order valence-corrected chi connectivity index (χ0v) is 35.1. The Bertz CT molecular complexity index is 2020. The van der Waals surface area contributed by atoms with E-state index in [-0.39, 0.29) is 70.5 Å². The number of urea groups is 1. The van der Waals surface area contributed by atoms with Gasteiger partial charge in [-0.15, -0.1) is 0 Å². The number of allylic oxidation sites excluding steroid dienone is 8. The molecular weight excluding hydrogens is 736 g/mol. The predicted molar refractivity (Wildman–Crippen MR) is 198 cm³/mol. The average molecular weight is 782 g/mol. The van der Waals surface area contributed by atoms with Gasteiger partial charge < -0.3 is 20.1 Å². The Hall–Kier alpha value is -2.52. The van der Waals surface area contributed by atoms with E-state index in [2.05, 4.69) is 41.0 Å². The maximum atomic E-state index is 11.9. The molecule has 0 radical (unpaired) electrons. The maximum Gasteiger partial charge on any atom is 1.00 e. The number of hydrogen-bond donors (Lipinski definition) is 5. The largest absolute Gasteiger partial charge is 1.00 e. The van der Waals surface area contributed by atoms with E-state index in [1.54, 1.807) is 12.1 Å². The molecule has 0 bridgehead atoms. The minimum Gasteiger partial charge on any atom is -0.748 e. The molecule has 0 unspecified atom stereocenters. The van der Waals surface area contributed by atoms with Crippen molar-refractivity contribution in [1.29, 1.82) is 0 Å². The van der Waals surface area contributed by atoms with Gasteiger partial charge in [0.2, 0.25) is 5.69 Å². The van der Waals surface area contributed by atoms with E-state index in [1.807, 2.05) is 84.1 Å². The summed E-state index contributed by atoms with van der Waals surface area (Å²) in [6, 6.07) is 11.0. The van der Waals surface area contributed by atoms with Gasteiger partial charge in [0.25, 0.3) is 10.1 Å². The number of rotatable bonds is 15. The van der Waals surface area contributed by atoms with Gasteiger partial charge >= 0.3 is 57.4 Å². The third-order valence-electron chi connectivity index (χ3n) is 9.02. The van der Waals surface area contributed by atoms with Crippen molar-refractivity contribution in [2.45, 2.75) is 44.9 Å². The van der Waals surface area contributed by atoms with E-state index in [1.165, 1.54) is 7.05 Å². The Balaban J connectivity index is 0.00000729. The first-order chi connectivity index (χ1) is 23.9. The topological polar surface area (TPSA) is 206 Å². The monoisotopic (exact) mass is 781 g/mol. The molecule has 2 amide bonds. The number of benzene rings is 2. The molecule has 0 fully saturated rings. The van der Waals surface area contributed by atoms with Crippen LogP contribution in [0.25, 0.3) is 0 Å². The SMILES string of the molecule is CNC(=O)Nc1ccc2c(c1)C(C)(C)C(/C=C/C=C/C=C/C=C1/N(CCS(=O)(=O)O)c3ccc(CCNON)cc3C1(C)C)=[N+]2CCS(=O)(=O)[O-].[K+]. The van der Waals surface area contributed by atoms with Gasteiger partial charge in [0.1, 0.15) is 10.1 Å². The van der Waals surface area contributed by atoms with Crippen molar-refractivity contribution in [3.05, 3.63) is 101 Å². The Labute approximate surface area is 348 Å². The van der Waals surface area contributed by atoms with Crippen LogP contribution in [-0.4, -0.2) is 80.4 Å². The normalized spacial score (nSPS) is 17.3. The summed E-state index contributed by atoms with van der Waals surface area (Å²) in [4.78, 5) is 18.3. The van der Waals surface area contributed by atoms with Gasteiger partial charge in [0.15, 0.2) is 12.3 Å². The van der Waals surface area contributed by atoms with Crippen LogP contribution in [0.4, 0.5) is 21.9 Å². The van der Waals surface area contributed by atoms with Gasteiger partial charge in [-0.25, -0.2) is 18.2 Å². The maximum absolute atomic E-state index is 11.9. The molecule has 17 heteroatoms. The molecule has 2 aliphatic rings. The van der Waals surface area contributed by atoms with Crippen LogP contribution in [0.3, 0.4) is 0 Å². The molecule has 0 aromatic heterocycles. The molecule has 14 nitrogen and oxygen atoms in total. The summed E-state index contributed by atoms with van der Waals surface area (Å²) in [5.41, 5.74) is 8.30. The van der Waals surface area contributed by atoms with Crippen molar-refractivity contribution in [2.75, 3.05) is 48.4 Å². The van der Waals surface area contributed by atoms with E-state index in [9.17, 15) is 30.7 Å². The van der Waals surface area contributed by atoms with Crippen molar-refractivity contribution in [3.8, 4) is 0 Å². The summed E-state index contributed by atoms with van der Waals surface area (Å²) in [5, 5.41) is 5.27. The predicted octanol–water partition coefficient (Wildman–Crippen LogP) is 0.539. The molecule has 2 aromatic carbocycles. The molecule has 0 aliphatic carbocycles. The molecule has 0 spiro atoms. The Morgan fingerprint density at radius 2 is 1.67 bits per heavy atom. The number of hydrogen-bond acceptors (Lipinski definition) is 10. The molecule has 52 heavy (non-hydrogen) atoms. The summed E-state index contributed by atoms with van der Waals surface area (Å²) in [6.45, 7) is 8.63. The fraction of sp³-hybridized carbons (Fsp3) is 0.371. The molecule has 2 aliphatic heterocycles. The van der Waals surface area contributed by atoms with E-state index in [0.717, 1.165) is 39.5 Å². The first-order valence-electron chi connectivity index (χ1n) is 16.3. The minimum absolute atomic E-state index is 0. The van der Waals surface area contributed by atoms with Crippen LogP contribution in [-0.2, 0) is 42.4 Å². The third kappa shape index (κ3) is 11.0. The number of nitrogens with one attached hydrogen (secondary N) is 3. The second kappa shape index (κ2) is 18.2. The minimum atomic E-state index is -4.47. The number of hydroxylamine groups is 1. The second-order valence-corrected chi connectivity index (χ2v) is 16.3. The Morgan fingerprint density at radius 1 is 0.981 bits per heavy atom. The van der Waals surface area contributed by atoms with Crippen molar-refractivity contribution < 1.29 is 91.6 Å². The molecule has 0 saturated carbocycles. The van der Waals surface area contributed by atoms with Gasteiger partial charge in [-0.05, 0) is 55.7 Å². The van der Waals surface area contributed by atoms with Gasteiger partial charge in [-0.3, -0.25) is 4.55 Å². The zero-order valence-electron chi connectivity index (χ0n) is 30.3. The zero-order chi connectivity index (χ0) is 37.6. The number of fused-ring (bicyclic) bond motifs is 2. The van der Waals surface area contributed by atoms with Crippen LogP contribution >= 0.6 is 0 Å². The van der Waals surface area contributed by atoms with Crippen LogP contribution in [0.15, 0.2) is 84.6 Å². The Morgan fingerprint density at radius 3 is 2.33 bits per heavy atom. The first kappa shape index (κ1) is 43.9. The standard InChI is InChI=1S/C35H46N6O8S2.K/c1-34(2)27-23-25(17-18-38-49-36)13-15-29(27)40(19-21-50(43,44)45)31(34)11-9-7-6-8-10-12-32-35(3,4)28-24-26(39-33(42)37-5)14-16-30(28)41(32)20-22-51(46,47)48;/h6-16,23-24,38H,17-22,36H2,1-5H3,(H3-,37,39,42,43,44,45,46,47,48);/q;+1. The number of nitrogens with two attached hydrogens (primary N) is 1. The fourth-order valence-electron chi connectivity index (χ4n) is 6.46. The molecule has 6 N–H and O–H groups in total. The van der Waals surface area contributed by atoms with Gasteiger partial charge in [-0.1, -0.05) is 56.4 Å². The van der Waals surface area contributed by atoms with Crippen molar-refractivity contribution in [2.24, 2.45) is 5.90 Å². The summed E-state index contributed by atoms with van der Waals surface area (Å²) in [5.74, 6) is 4.06.